The van der Waals surface area contributed by atoms with Gasteiger partial charge in [0, 0.05) is 32.6 Å². The van der Waals surface area contributed by atoms with Crippen LogP contribution in [-0.4, -0.2) is 57.1 Å². The SMILES string of the molecule is CCNC(=NCCCS(=O)(=O)c1ccccc1)N1CCCC(CC(N)=O)C1. The van der Waals surface area contributed by atoms with E-state index in [9.17, 15) is 13.2 Å². The first-order valence-corrected chi connectivity index (χ1v) is 11.2. The molecular weight excluding hydrogens is 364 g/mol. The molecule has 1 aliphatic rings. The van der Waals surface area contributed by atoms with Crippen molar-refractivity contribution in [1.82, 2.24) is 10.2 Å². The van der Waals surface area contributed by atoms with E-state index < -0.39 is 9.84 Å². The standard InChI is InChI=1S/C19H30N4O3S/c1-2-21-19(23-12-6-8-16(15-23)14-18(20)24)22-11-7-13-27(25,26)17-9-4-3-5-10-17/h3-5,9-10,16H,2,6-8,11-15H2,1H3,(H2,20,24)(H,21,22). The third-order valence-electron chi connectivity index (χ3n) is 4.58. The number of aliphatic imine (C=N–C) groups is 1. The molecule has 1 unspecified atom stereocenters. The van der Waals surface area contributed by atoms with Gasteiger partial charge in [-0.15, -0.1) is 0 Å². The first kappa shape index (κ1) is 21.2. The Kier molecular flexibility index (Phi) is 8.09. The summed E-state index contributed by atoms with van der Waals surface area (Å²) in [5.74, 6) is 0.835. The third kappa shape index (κ3) is 6.86. The summed E-state index contributed by atoms with van der Waals surface area (Å²) in [5, 5.41) is 3.27. The van der Waals surface area contributed by atoms with Gasteiger partial charge in [0.1, 0.15) is 0 Å². The highest BCUT2D eigenvalue weighted by Crippen LogP contribution is 2.19. The maximum absolute atomic E-state index is 12.3. The summed E-state index contributed by atoms with van der Waals surface area (Å²) in [5.41, 5.74) is 5.33. The van der Waals surface area contributed by atoms with Gasteiger partial charge in [-0.3, -0.25) is 9.79 Å². The van der Waals surface area contributed by atoms with Crippen LogP contribution in [0.15, 0.2) is 40.2 Å². The Bertz CT molecular complexity index is 735. The minimum Gasteiger partial charge on any atom is -0.370 e. The fraction of sp³-hybridized carbons (Fsp3) is 0.579. The van der Waals surface area contributed by atoms with Gasteiger partial charge in [-0.05, 0) is 44.2 Å². The number of benzene rings is 1. The molecule has 0 spiro atoms. The molecule has 0 radical (unpaired) electrons. The zero-order valence-corrected chi connectivity index (χ0v) is 16.7. The summed E-state index contributed by atoms with van der Waals surface area (Å²) in [6.45, 7) is 4.80. The minimum absolute atomic E-state index is 0.0736. The summed E-state index contributed by atoms with van der Waals surface area (Å²) in [6, 6.07) is 8.50. The van der Waals surface area contributed by atoms with E-state index in [0.29, 0.717) is 24.3 Å². The number of piperidine rings is 1. The molecule has 0 aliphatic carbocycles. The Morgan fingerprint density at radius 2 is 2.07 bits per heavy atom. The topological polar surface area (TPSA) is 105 Å². The lowest BCUT2D eigenvalue weighted by Gasteiger charge is -2.34. The highest BCUT2D eigenvalue weighted by atomic mass is 32.2. The van der Waals surface area contributed by atoms with Gasteiger partial charge >= 0.3 is 0 Å². The number of sulfone groups is 1. The maximum atomic E-state index is 12.3. The van der Waals surface area contributed by atoms with Gasteiger partial charge in [-0.25, -0.2) is 8.42 Å². The van der Waals surface area contributed by atoms with Crippen LogP contribution in [0.3, 0.4) is 0 Å². The van der Waals surface area contributed by atoms with Crippen molar-refractivity contribution < 1.29 is 13.2 Å². The van der Waals surface area contributed by atoms with E-state index >= 15 is 0 Å². The van der Waals surface area contributed by atoms with Crippen molar-refractivity contribution in [2.75, 3.05) is 31.9 Å². The zero-order valence-electron chi connectivity index (χ0n) is 15.9. The molecule has 8 heteroatoms. The second kappa shape index (κ2) is 10.3. The maximum Gasteiger partial charge on any atom is 0.217 e. The van der Waals surface area contributed by atoms with Crippen molar-refractivity contribution in [3.05, 3.63) is 30.3 Å². The fourth-order valence-corrected chi connectivity index (χ4v) is 4.64. The third-order valence-corrected chi connectivity index (χ3v) is 6.39. The summed E-state index contributed by atoms with van der Waals surface area (Å²) in [6.07, 6.45) is 2.84. The number of guanidine groups is 1. The van der Waals surface area contributed by atoms with Gasteiger partial charge in [-0.1, -0.05) is 18.2 Å². The number of amides is 1. The second-order valence-electron chi connectivity index (χ2n) is 6.85. The highest BCUT2D eigenvalue weighted by Gasteiger charge is 2.23. The first-order chi connectivity index (χ1) is 12.9. The highest BCUT2D eigenvalue weighted by molar-refractivity contribution is 7.91. The van der Waals surface area contributed by atoms with E-state index in [-0.39, 0.29) is 17.6 Å². The number of carbonyl (C=O) groups excluding carboxylic acids is 1. The molecule has 1 aromatic carbocycles. The molecular formula is C19H30N4O3S. The summed E-state index contributed by atoms with van der Waals surface area (Å²) in [7, 11) is -3.27. The van der Waals surface area contributed by atoms with Crippen molar-refractivity contribution in [1.29, 1.82) is 0 Å². The quantitative estimate of drug-likeness (QED) is 0.394. The Hall–Kier alpha value is -2.09. The molecule has 1 amide bonds. The molecule has 0 bridgehead atoms. The van der Waals surface area contributed by atoms with Crippen LogP contribution in [0.2, 0.25) is 0 Å². The van der Waals surface area contributed by atoms with Gasteiger partial charge in [0.15, 0.2) is 15.8 Å². The number of nitrogens with zero attached hydrogens (tertiary/aromatic N) is 2. The zero-order chi connectivity index (χ0) is 19.7. The number of hydrogen-bond donors (Lipinski definition) is 2. The molecule has 3 N–H and O–H groups in total. The molecule has 1 fully saturated rings. The number of rotatable bonds is 8. The van der Waals surface area contributed by atoms with E-state index in [0.717, 1.165) is 38.4 Å². The monoisotopic (exact) mass is 394 g/mol. The van der Waals surface area contributed by atoms with E-state index in [1.54, 1.807) is 30.3 Å². The number of hydrogen-bond acceptors (Lipinski definition) is 4. The van der Waals surface area contributed by atoms with Gasteiger partial charge < -0.3 is 16.0 Å². The number of nitrogens with two attached hydrogens (primary N) is 1. The van der Waals surface area contributed by atoms with E-state index in [4.69, 9.17) is 5.73 Å². The van der Waals surface area contributed by atoms with E-state index in [2.05, 4.69) is 15.2 Å². The van der Waals surface area contributed by atoms with Gasteiger partial charge in [0.25, 0.3) is 0 Å². The van der Waals surface area contributed by atoms with Crippen LogP contribution in [0.1, 0.15) is 32.6 Å². The van der Waals surface area contributed by atoms with Crippen LogP contribution in [0, 0.1) is 5.92 Å². The van der Waals surface area contributed by atoms with Crippen LogP contribution in [-0.2, 0) is 14.6 Å². The van der Waals surface area contributed by atoms with Crippen molar-refractivity contribution in [3.8, 4) is 0 Å². The normalized spacial score (nSPS) is 18.3. The Labute approximate surface area is 162 Å². The van der Waals surface area contributed by atoms with Gasteiger partial charge in [0.2, 0.25) is 5.91 Å². The van der Waals surface area contributed by atoms with Crippen molar-refractivity contribution in [2.45, 2.75) is 37.5 Å². The Morgan fingerprint density at radius 1 is 1.33 bits per heavy atom. The lowest BCUT2D eigenvalue weighted by molar-refractivity contribution is -0.119. The second-order valence-corrected chi connectivity index (χ2v) is 8.95. The number of likely N-dealkylation sites (tertiary alicyclic amines) is 1. The Balaban J connectivity index is 1.92. The molecule has 0 aromatic heterocycles. The molecule has 1 heterocycles. The lowest BCUT2D eigenvalue weighted by atomic mass is 9.95. The predicted octanol–water partition coefficient (Wildman–Crippen LogP) is 1.40. The molecule has 7 nitrogen and oxygen atoms in total. The molecule has 150 valence electrons. The molecule has 1 aromatic rings. The molecule has 1 saturated heterocycles. The van der Waals surface area contributed by atoms with Crippen LogP contribution >= 0.6 is 0 Å². The smallest absolute Gasteiger partial charge is 0.217 e. The summed E-state index contributed by atoms with van der Waals surface area (Å²) < 4.78 is 24.7. The molecule has 1 aliphatic heterocycles. The Morgan fingerprint density at radius 3 is 2.74 bits per heavy atom. The summed E-state index contributed by atoms with van der Waals surface area (Å²) in [4.78, 5) is 18.3. The van der Waals surface area contributed by atoms with E-state index in [1.165, 1.54) is 0 Å². The van der Waals surface area contributed by atoms with Gasteiger partial charge in [-0.2, -0.15) is 0 Å². The van der Waals surface area contributed by atoms with Crippen molar-refractivity contribution in [3.63, 3.8) is 0 Å². The fourth-order valence-electron chi connectivity index (χ4n) is 3.32. The number of carbonyl (C=O) groups is 1. The average molecular weight is 395 g/mol. The van der Waals surface area contributed by atoms with Crippen molar-refractivity contribution in [2.24, 2.45) is 16.6 Å². The minimum atomic E-state index is -3.27. The lowest BCUT2D eigenvalue weighted by Crippen LogP contribution is -2.47. The van der Waals surface area contributed by atoms with Crippen LogP contribution in [0.5, 0.6) is 0 Å². The van der Waals surface area contributed by atoms with Gasteiger partial charge in [0.05, 0.1) is 10.6 Å². The molecule has 1 atom stereocenters. The summed E-state index contributed by atoms with van der Waals surface area (Å²) >= 11 is 0. The molecule has 27 heavy (non-hydrogen) atoms. The van der Waals surface area contributed by atoms with Crippen LogP contribution < -0.4 is 11.1 Å². The number of primary amides is 1. The predicted molar refractivity (Wildman–Crippen MR) is 107 cm³/mol. The average Bonchev–Trinajstić information content (AvgIpc) is 2.64. The van der Waals surface area contributed by atoms with Crippen LogP contribution in [0.25, 0.3) is 0 Å². The first-order valence-electron chi connectivity index (χ1n) is 9.51. The largest absolute Gasteiger partial charge is 0.370 e. The van der Waals surface area contributed by atoms with Crippen molar-refractivity contribution >= 4 is 21.7 Å². The molecule has 0 saturated carbocycles. The molecule has 2 rings (SSSR count). The van der Waals surface area contributed by atoms with Crippen LogP contribution in [0.4, 0.5) is 0 Å². The van der Waals surface area contributed by atoms with E-state index in [1.807, 2.05) is 6.92 Å². The number of nitrogens with one attached hydrogen (secondary N) is 1.